The van der Waals surface area contributed by atoms with Crippen molar-refractivity contribution in [3.63, 3.8) is 0 Å². The fourth-order valence-electron chi connectivity index (χ4n) is 0.940. The molecule has 1 N–H and O–H groups in total. The number of nitrogens with one attached hydrogen (secondary N) is 1. The van der Waals surface area contributed by atoms with E-state index in [0.29, 0.717) is 11.1 Å². The molecule has 0 aliphatic heterocycles. The van der Waals surface area contributed by atoms with Gasteiger partial charge in [0.2, 0.25) is 0 Å². The minimum Gasteiger partial charge on any atom is -0.465 e. The summed E-state index contributed by atoms with van der Waals surface area (Å²) in [5.41, 5.74) is 0.843. The van der Waals surface area contributed by atoms with E-state index >= 15 is 0 Å². The van der Waals surface area contributed by atoms with Gasteiger partial charge in [-0.25, -0.2) is 4.79 Å². The summed E-state index contributed by atoms with van der Waals surface area (Å²) in [6.45, 7) is 0. The number of carbonyl (C=O) groups excluding carboxylic acids is 2. The van der Waals surface area contributed by atoms with Crippen molar-refractivity contribution in [1.82, 2.24) is 4.72 Å². The van der Waals surface area contributed by atoms with Gasteiger partial charge in [0.1, 0.15) is 0 Å². The lowest BCUT2D eigenvalue weighted by Gasteiger charge is -2.00. The van der Waals surface area contributed by atoms with Gasteiger partial charge in [0.15, 0.2) is 0 Å². The Morgan fingerprint density at radius 1 is 1.21 bits per heavy atom. The third kappa shape index (κ3) is 2.26. The predicted molar refractivity (Wildman–Crippen MR) is 54.2 cm³/mol. The van der Waals surface area contributed by atoms with Crippen molar-refractivity contribution in [2.24, 2.45) is 0 Å². The lowest BCUT2D eigenvalue weighted by atomic mass is 10.1. The van der Waals surface area contributed by atoms with Crippen LogP contribution in [0.2, 0.25) is 0 Å². The van der Waals surface area contributed by atoms with E-state index in [-0.39, 0.29) is 5.91 Å². The van der Waals surface area contributed by atoms with E-state index in [1.165, 1.54) is 31.4 Å². The second-order valence-corrected chi connectivity index (χ2v) is 2.73. The molecule has 0 saturated heterocycles. The summed E-state index contributed by atoms with van der Waals surface area (Å²) in [5, 5.41) is 0. The van der Waals surface area contributed by atoms with Gasteiger partial charge in [0.25, 0.3) is 5.91 Å². The van der Waals surface area contributed by atoms with Gasteiger partial charge in [-0.1, -0.05) is 12.8 Å². The molecule has 0 radical (unpaired) electrons. The molecule has 1 aromatic rings. The fraction of sp³-hybridized carbons (Fsp3) is 0.111. The summed E-state index contributed by atoms with van der Waals surface area (Å²) in [6, 6.07) is 6.09. The number of carbonyl (C=O) groups is 2. The van der Waals surface area contributed by atoms with Crippen LogP contribution in [0.3, 0.4) is 0 Å². The van der Waals surface area contributed by atoms with Gasteiger partial charge in [-0.15, -0.1) is 0 Å². The SMILES string of the molecule is COC(=O)c1ccc(C(=O)NS)cc1. The number of methoxy groups -OCH3 is 1. The molecule has 0 atom stereocenters. The van der Waals surface area contributed by atoms with Crippen LogP contribution in [0.15, 0.2) is 24.3 Å². The molecule has 14 heavy (non-hydrogen) atoms. The van der Waals surface area contributed by atoms with Gasteiger partial charge in [-0.3, -0.25) is 9.52 Å². The zero-order valence-corrected chi connectivity index (χ0v) is 8.38. The fourth-order valence-corrected chi connectivity index (χ4v) is 1.07. The first kappa shape index (κ1) is 10.6. The highest BCUT2D eigenvalue weighted by Gasteiger charge is 2.07. The highest BCUT2D eigenvalue weighted by molar-refractivity contribution is 7.78. The number of thiol groups is 1. The first-order valence-corrected chi connectivity index (χ1v) is 4.26. The average molecular weight is 211 g/mol. The lowest BCUT2D eigenvalue weighted by molar-refractivity contribution is 0.0600. The van der Waals surface area contributed by atoms with E-state index in [0.717, 1.165) is 0 Å². The van der Waals surface area contributed by atoms with E-state index in [1.54, 1.807) is 0 Å². The van der Waals surface area contributed by atoms with Gasteiger partial charge in [0, 0.05) is 5.56 Å². The standard InChI is InChI=1S/C9H9NO3S/c1-13-9(12)7-4-2-6(3-5-7)8(11)10-14/h2-5,14H,1H3,(H,10,11). The third-order valence-corrected chi connectivity index (χ3v) is 1.87. The molecule has 0 aromatic heterocycles. The first-order valence-electron chi connectivity index (χ1n) is 3.82. The summed E-state index contributed by atoms with van der Waals surface area (Å²) < 4.78 is 6.69. The highest BCUT2D eigenvalue weighted by atomic mass is 32.1. The summed E-state index contributed by atoms with van der Waals surface area (Å²) in [6.07, 6.45) is 0. The van der Waals surface area contributed by atoms with Crippen molar-refractivity contribution < 1.29 is 14.3 Å². The predicted octanol–water partition coefficient (Wildman–Crippen LogP) is 1.05. The number of hydrogen-bond acceptors (Lipinski definition) is 4. The Bertz CT molecular complexity index is 313. The maximum atomic E-state index is 11.1. The van der Waals surface area contributed by atoms with Crippen molar-refractivity contribution in [2.45, 2.75) is 0 Å². The molecule has 0 spiro atoms. The van der Waals surface area contributed by atoms with Crippen LogP contribution in [0.4, 0.5) is 0 Å². The zero-order valence-electron chi connectivity index (χ0n) is 7.48. The molecule has 0 fully saturated rings. The molecule has 0 aliphatic rings. The molecule has 1 aromatic carbocycles. The quantitative estimate of drug-likeness (QED) is 0.568. The molecule has 74 valence electrons. The summed E-state index contributed by atoms with van der Waals surface area (Å²) in [4.78, 5) is 22.1. The normalized spacial score (nSPS) is 9.29. The Morgan fingerprint density at radius 3 is 2.14 bits per heavy atom. The van der Waals surface area contributed by atoms with E-state index in [2.05, 4.69) is 22.3 Å². The summed E-state index contributed by atoms with van der Waals surface area (Å²) in [5.74, 6) is -0.743. The average Bonchev–Trinajstić information content (AvgIpc) is 2.27. The Hall–Kier alpha value is -1.49. The van der Waals surface area contributed by atoms with Gasteiger partial charge < -0.3 is 4.74 Å². The number of esters is 1. The van der Waals surface area contributed by atoms with Crippen molar-refractivity contribution in [2.75, 3.05) is 7.11 Å². The van der Waals surface area contributed by atoms with Crippen molar-refractivity contribution in [1.29, 1.82) is 0 Å². The maximum Gasteiger partial charge on any atom is 0.337 e. The van der Waals surface area contributed by atoms with Crippen LogP contribution < -0.4 is 4.72 Å². The summed E-state index contributed by atoms with van der Waals surface area (Å²) >= 11 is 3.62. The maximum absolute atomic E-state index is 11.1. The molecule has 0 saturated carbocycles. The second kappa shape index (κ2) is 4.66. The molecule has 0 bridgehead atoms. The van der Waals surface area contributed by atoms with E-state index in [9.17, 15) is 9.59 Å². The van der Waals surface area contributed by atoms with E-state index in [4.69, 9.17) is 0 Å². The van der Waals surface area contributed by atoms with Gasteiger partial charge in [-0.05, 0) is 24.3 Å². The number of rotatable bonds is 2. The minimum atomic E-state index is -0.428. The zero-order chi connectivity index (χ0) is 10.6. The van der Waals surface area contributed by atoms with Crippen molar-refractivity contribution in [3.8, 4) is 0 Å². The topological polar surface area (TPSA) is 55.4 Å². The monoisotopic (exact) mass is 211 g/mol. The molecule has 1 amide bonds. The Balaban J connectivity index is 2.89. The number of benzene rings is 1. The Kier molecular flexibility index (Phi) is 3.53. The molecular formula is C9H9NO3S. The number of amides is 1. The van der Waals surface area contributed by atoms with E-state index in [1.807, 2.05) is 0 Å². The van der Waals surface area contributed by atoms with Crippen LogP contribution in [0.25, 0.3) is 0 Å². The van der Waals surface area contributed by atoms with Crippen LogP contribution in [-0.4, -0.2) is 19.0 Å². The van der Waals surface area contributed by atoms with Crippen molar-refractivity contribution >= 4 is 24.7 Å². The number of hydrogen-bond donors (Lipinski definition) is 2. The molecule has 4 nitrogen and oxygen atoms in total. The van der Waals surface area contributed by atoms with Gasteiger partial charge >= 0.3 is 5.97 Å². The largest absolute Gasteiger partial charge is 0.465 e. The molecule has 5 heteroatoms. The lowest BCUT2D eigenvalue weighted by Crippen LogP contribution is -2.12. The van der Waals surface area contributed by atoms with Crippen LogP contribution in [-0.2, 0) is 4.74 Å². The first-order chi connectivity index (χ1) is 6.69. The molecule has 1 rings (SSSR count). The van der Waals surface area contributed by atoms with Crippen LogP contribution >= 0.6 is 12.8 Å². The van der Waals surface area contributed by atoms with Gasteiger partial charge in [-0.2, -0.15) is 0 Å². The Morgan fingerprint density at radius 2 is 1.71 bits per heavy atom. The smallest absolute Gasteiger partial charge is 0.337 e. The van der Waals surface area contributed by atoms with Gasteiger partial charge in [0.05, 0.1) is 12.7 Å². The van der Waals surface area contributed by atoms with Crippen LogP contribution in [0.5, 0.6) is 0 Å². The molecule has 0 heterocycles. The third-order valence-electron chi connectivity index (χ3n) is 1.67. The van der Waals surface area contributed by atoms with Crippen molar-refractivity contribution in [3.05, 3.63) is 35.4 Å². The molecule has 0 aliphatic carbocycles. The highest BCUT2D eigenvalue weighted by Crippen LogP contribution is 2.05. The van der Waals surface area contributed by atoms with E-state index < -0.39 is 5.97 Å². The van der Waals surface area contributed by atoms with Crippen LogP contribution in [0.1, 0.15) is 20.7 Å². The minimum absolute atomic E-state index is 0.315. The summed E-state index contributed by atoms with van der Waals surface area (Å²) in [7, 11) is 1.30. The Labute approximate surface area is 86.8 Å². The number of ether oxygens (including phenoxy) is 1. The molecular weight excluding hydrogens is 202 g/mol. The second-order valence-electron chi connectivity index (χ2n) is 2.51. The van der Waals surface area contributed by atoms with Crippen LogP contribution in [0, 0.1) is 0 Å². The molecule has 0 unspecified atom stereocenters.